The Balaban J connectivity index is 2.22. The van der Waals surface area contributed by atoms with Crippen LogP contribution in [0.25, 0.3) is 0 Å². The van der Waals surface area contributed by atoms with Crippen molar-refractivity contribution in [1.29, 1.82) is 0 Å². The summed E-state index contributed by atoms with van der Waals surface area (Å²) in [6.45, 7) is 6.68. The number of carbonyl (C=O) groups is 2. The SMILES string of the molecule is CCc1nnc(C)cc1C(=O)N1CC(C)C(C(=O)OC)C1. The number of amides is 1. The molecule has 2 unspecified atom stereocenters. The summed E-state index contributed by atoms with van der Waals surface area (Å²) in [7, 11) is 1.38. The highest BCUT2D eigenvalue weighted by molar-refractivity contribution is 5.96. The molecular formula is C15H21N3O3. The van der Waals surface area contributed by atoms with Gasteiger partial charge in [0.25, 0.3) is 5.91 Å². The number of hydrogen-bond acceptors (Lipinski definition) is 5. The molecule has 1 aromatic heterocycles. The molecular weight excluding hydrogens is 270 g/mol. The molecule has 0 radical (unpaired) electrons. The van der Waals surface area contributed by atoms with E-state index in [1.54, 1.807) is 11.0 Å². The van der Waals surface area contributed by atoms with Crippen molar-refractivity contribution in [3.8, 4) is 0 Å². The number of aryl methyl sites for hydroxylation is 2. The molecule has 1 aliphatic heterocycles. The van der Waals surface area contributed by atoms with E-state index in [1.165, 1.54) is 7.11 Å². The van der Waals surface area contributed by atoms with Gasteiger partial charge >= 0.3 is 5.97 Å². The first-order valence-corrected chi connectivity index (χ1v) is 7.18. The van der Waals surface area contributed by atoms with Gasteiger partial charge in [-0.25, -0.2) is 0 Å². The lowest BCUT2D eigenvalue weighted by Crippen LogP contribution is -2.31. The third kappa shape index (κ3) is 3.04. The van der Waals surface area contributed by atoms with Crippen molar-refractivity contribution in [2.45, 2.75) is 27.2 Å². The van der Waals surface area contributed by atoms with Crippen LogP contribution in [0.15, 0.2) is 6.07 Å². The van der Waals surface area contributed by atoms with Crippen molar-refractivity contribution in [3.05, 3.63) is 23.0 Å². The molecule has 1 amide bonds. The number of hydrogen-bond donors (Lipinski definition) is 0. The van der Waals surface area contributed by atoms with Gasteiger partial charge in [-0.05, 0) is 25.3 Å². The van der Waals surface area contributed by atoms with Crippen LogP contribution in [0.5, 0.6) is 0 Å². The predicted molar refractivity (Wildman–Crippen MR) is 76.7 cm³/mol. The Hall–Kier alpha value is -1.98. The lowest BCUT2D eigenvalue weighted by molar-refractivity contribution is -0.146. The summed E-state index contributed by atoms with van der Waals surface area (Å²) in [5, 5.41) is 8.09. The van der Waals surface area contributed by atoms with E-state index in [-0.39, 0.29) is 23.7 Å². The zero-order valence-electron chi connectivity index (χ0n) is 12.9. The molecule has 1 aromatic rings. The maximum atomic E-state index is 12.7. The lowest BCUT2D eigenvalue weighted by Gasteiger charge is -2.17. The number of aromatic nitrogens is 2. The van der Waals surface area contributed by atoms with Gasteiger partial charge < -0.3 is 9.64 Å². The van der Waals surface area contributed by atoms with Gasteiger partial charge in [0.05, 0.1) is 30.0 Å². The van der Waals surface area contributed by atoms with Crippen LogP contribution in [-0.2, 0) is 16.0 Å². The molecule has 1 saturated heterocycles. The fourth-order valence-electron chi connectivity index (χ4n) is 2.72. The van der Waals surface area contributed by atoms with E-state index in [1.807, 2.05) is 20.8 Å². The van der Waals surface area contributed by atoms with Crippen molar-refractivity contribution in [1.82, 2.24) is 15.1 Å². The van der Waals surface area contributed by atoms with Crippen LogP contribution in [0, 0.1) is 18.8 Å². The molecule has 1 aliphatic rings. The molecule has 114 valence electrons. The average Bonchev–Trinajstić information content (AvgIpc) is 2.87. The third-order valence-electron chi connectivity index (χ3n) is 3.96. The highest BCUT2D eigenvalue weighted by atomic mass is 16.5. The van der Waals surface area contributed by atoms with Crippen LogP contribution in [0.3, 0.4) is 0 Å². The lowest BCUT2D eigenvalue weighted by atomic mass is 9.99. The van der Waals surface area contributed by atoms with E-state index < -0.39 is 0 Å². The molecule has 2 rings (SSSR count). The maximum Gasteiger partial charge on any atom is 0.310 e. The van der Waals surface area contributed by atoms with Gasteiger partial charge in [-0.1, -0.05) is 13.8 Å². The topological polar surface area (TPSA) is 72.4 Å². The van der Waals surface area contributed by atoms with E-state index in [4.69, 9.17) is 4.74 Å². The minimum atomic E-state index is -0.252. The number of nitrogens with zero attached hydrogens (tertiary/aromatic N) is 3. The minimum Gasteiger partial charge on any atom is -0.469 e. The number of ether oxygens (including phenoxy) is 1. The molecule has 2 atom stereocenters. The number of methoxy groups -OCH3 is 1. The van der Waals surface area contributed by atoms with Crippen molar-refractivity contribution < 1.29 is 14.3 Å². The Kier molecular flexibility index (Phi) is 4.55. The molecule has 1 fully saturated rings. The Morgan fingerprint density at radius 1 is 1.38 bits per heavy atom. The minimum absolute atomic E-state index is 0.0805. The quantitative estimate of drug-likeness (QED) is 0.783. The first kappa shape index (κ1) is 15.4. The number of carbonyl (C=O) groups excluding carboxylic acids is 2. The second-order valence-corrected chi connectivity index (χ2v) is 5.52. The smallest absolute Gasteiger partial charge is 0.310 e. The van der Waals surface area contributed by atoms with Crippen LogP contribution in [0.2, 0.25) is 0 Å². The molecule has 0 saturated carbocycles. The monoisotopic (exact) mass is 291 g/mol. The number of esters is 1. The zero-order valence-corrected chi connectivity index (χ0v) is 12.9. The fraction of sp³-hybridized carbons (Fsp3) is 0.600. The van der Waals surface area contributed by atoms with Gasteiger partial charge in [0, 0.05) is 13.1 Å². The summed E-state index contributed by atoms with van der Waals surface area (Å²) < 4.78 is 4.80. The molecule has 0 spiro atoms. The van der Waals surface area contributed by atoms with Crippen LogP contribution in [0.4, 0.5) is 0 Å². The normalized spacial score (nSPS) is 21.4. The molecule has 0 bridgehead atoms. The average molecular weight is 291 g/mol. The van der Waals surface area contributed by atoms with Crippen molar-refractivity contribution >= 4 is 11.9 Å². The van der Waals surface area contributed by atoms with Crippen LogP contribution < -0.4 is 0 Å². The van der Waals surface area contributed by atoms with Gasteiger partial charge in [-0.2, -0.15) is 10.2 Å². The molecule has 6 heteroatoms. The largest absolute Gasteiger partial charge is 0.469 e. The Bertz CT molecular complexity index is 559. The van der Waals surface area contributed by atoms with Gasteiger partial charge in [-0.3, -0.25) is 9.59 Å². The van der Waals surface area contributed by atoms with E-state index >= 15 is 0 Å². The summed E-state index contributed by atoms with van der Waals surface area (Å²) in [5.41, 5.74) is 2.00. The maximum absolute atomic E-state index is 12.7. The number of likely N-dealkylation sites (tertiary alicyclic amines) is 1. The van der Waals surface area contributed by atoms with E-state index in [2.05, 4.69) is 10.2 Å². The fourth-order valence-corrected chi connectivity index (χ4v) is 2.72. The second kappa shape index (κ2) is 6.20. The highest BCUT2D eigenvalue weighted by Gasteiger charge is 2.38. The van der Waals surface area contributed by atoms with Crippen molar-refractivity contribution in [3.63, 3.8) is 0 Å². The number of rotatable bonds is 3. The van der Waals surface area contributed by atoms with Gasteiger partial charge in [-0.15, -0.1) is 0 Å². The molecule has 0 aliphatic carbocycles. The summed E-state index contributed by atoms with van der Waals surface area (Å²) in [4.78, 5) is 26.1. The first-order valence-electron chi connectivity index (χ1n) is 7.18. The Morgan fingerprint density at radius 2 is 2.10 bits per heavy atom. The Morgan fingerprint density at radius 3 is 2.71 bits per heavy atom. The van der Waals surface area contributed by atoms with E-state index in [0.29, 0.717) is 36.5 Å². The Labute approximate surface area is 124 Å². The predicted octanol–water partition coefficient (Wildman–Crippen LogP) is 1.23. The molecule has 2 heterocycles. The molecule has 21 heavy (non-hydrogen) atoms. The third-order valence-corrected chi connectivity index (χ3v) is 3.96. The van der Waals surface area contributed by atoms with Gasteiger partial charge in [0.2, 0.25) is 0 Å². The highest BCUT2D eigenvalue weighted by Crippen LogP contribution is 2.26. The molecule has 0 N–H and O–H groups in total. The van der Waals surface area contributed by atoms with Crippen LogP contribution in [0.1, 0.15) is 35.6 Å². The summed E-state index contributed by atoms with van der Waals surface area (Å²) in [6.07, 6.45) is 0.651. The molecule has 0 aromatic carbocycles. The van der Waals surface area contributed by atoms with Crippen LogP contribution >= 0.6 is 0 Å². The van der Waals surface area contributed by atoms with Crippen molar-refractivity contribution in [2.24, 2.45) is 11.8 Å². The first-order chi connectivity index (χ1) is 9.97. The standard InChI is InChI=1S/C15H21N3O3/c1-5-13-11(6-10(3)16-17-13)14(19)18-7-9(2)12(8-18)15(20)21-4/h6,9,12H,5,7-8H2,1-4H3. The van der Waals surface area contributed by atoms with Gasteiger partial charge in [0.15, 0.2) is 0 Å². The van der Waals surface area contributed by atoms with E-state index in [9.17, 15) is 9.59 Å². The molecule has 6 nitrogen and oxygen atoms in total. The van der Waals surface area contributed by atoms with Crippen LogP contribution in [-0.4, -0.2) is 47.2 Å². The summed E-state index contributed by atoms with van der Waals surface area (Å²) in [5.74, 6) is -0.483. The van der Waals surface area contributed by atoms with E-state index in [0.717, 1.165) is 0 Å². The zero-order chi connectivity index (χ0) is 15.6. The summed E-state index contributed by atoms with van der Waals surface area (Å²) in [6, 6.07) is 1.77. The van der Waals surface area contributed by atoms with Gasteiger partial charge in [0.1, 0.15) is 0 Å². The summed E-state index contributed by atoms with van der Waals surface area (Å²) >= 11 is 0. The second-order valence-electron chi connectivity index (χ2n) is 5.52. The van der Waals surface area contributed by atoms with Crippen molar-refractivity contribution in [2.75, 3.05) is 20.2 Å².